The van der Waals surface area contributed by atoms with Crippen molar-refractivity contribution in [1.82, 2.24) is 9.55 Å². The zero-order chi connectivity index (χ0) is 13.6. The van der Waals surface area contributed by atoms with Gasteiger partial charge in [-0.1, -0.05) is 0 Å². The van der Waals surface area contributed by atoms with Crippen molar-refractivity contribution in [3.63, 3.8) is 0 Å². The summed E-state index contributed by atoms with van der Waals surface area (Å²) >= 11 is 10.6. The van der Waals surface area contributed by atoms with E-state index in [1.54, 1.807) is 0 Å². The molecule has 0 bridgehead atoms. The van der Waals surface area contributed by atoms with E-state index in [1.165, 1.54) is 12.5 Å². The molecule has 0 saturated heterocycles. The van der Waals surface area contributed by atoms with E-state index in [9.17, 15) is 4.39 Å². The molecule has 1 saturated carbocycles. The number of thioether (sulfide) groups is 1. The highest BCUT2D eigenvalue weighted by atomic mass is 79.9. The molecule has 2 nitrogen and oxygen atoms in total. The SMILES string of the molecule is CSC1CCC(n2c(=S)[nH]c3cc(F)c(Br)cc32)C1. The van der Waals surface area contributed by atoms with E-state index in [4.69, 9.17) is 12.2 Å². The molecule has 1 aliphatic rings. The lowest BCUT2D eigenvalue weighted by molar-refractivity contribution is 0.527. The van der Waals surface area contributed by atoms with Crippen LogP contribution in [0.4, 0.5) is 4.39 Å². The number of nitrogens with one attached hydrogen (secondary N) is 1. The second kappa shape index (κ2) is 5.22. The molecule has 0 aliphatic heterocycles. The second-order valence-electron chi connectivity index (χ2n) is 4.91. The molecule has 2 aromatic rings. The van der Waals surface area contributed by atoms with Gasteiger partial charge in [0.1, 0.15) is 5.82 Å². The van der Waals surface area contributed by atoms with Crippen LogP contribution in [0.25, 0.3) is 11.0 Å². The fourth-order valence-electron chi connectivity index (χ4n) is 2.85. The normalized spacial score (nSPS) is 23.3. The highest BCUT2D eigenvalue weighted by Gasteiger charge is 2.27. The predicted molar refractivity (Wildman–Crippen MR) is 85.0 cm³/mol. The summed E-state index contributed by atoms with van der Waals surface area (Å²) in [5, 5.41) is 0.709. The van der Waals surface area contributed by atoms with Crippen LogP contribution in [-0.2, 0) is 0 Å². The number of aromatic amines is 1. The number of aromatic nitrogens is 2. The Labute approximate surface area is 128 Å². The summed E-state index contributed by atoms with van der Waals surface area (Å²) in [4.78, 5) is 3.11. The summed E-state index contributed by atoms with van der Waals surface area (Å²) < 4.78 is 16.9. The maximum atomic E-state index is 13.6. The Morgan fingerprint density at radius 3 is 2.95 bits per heavy atom. The summed E-state index contributed by atoms with van der Waals surface area (Å²) in [5.41, 5.74) is 1.77. The highest BCUT2D eigenvalue weighted by Crippen LogP contribution is 2.38. The number of halogens is 2. The molecule has 3 rings (SSSR count). The highest BCUT2D eigenvalue weighted by molar-refractivity contribution is 9.10. The van der Waals surface area contributed by atoms with E-state index >= 15 is 0 Å². The van der Waals surface area contributed by atoms with Gasteiger partial charge in [-0.3, -0.25) is 0 Å². The Morgan fingerprint density at radius 2 is 2.26 bits per heavy atom. The number of H-pyrrole nitrogens is 1. The van der Waals surface area contributed by atoms with E-state index in [1.807, 2.05) is 17.8 Å². The third-order valence-electron chi connectivity index (χ3n) is 3.81. The number of benzene rings is 1. The van der Waals surface area contributed by atoms with Crippen LogP contribution >= 0.6 is 39.9 Å². The Balaban J connectivity index is 2.11. The minimum Gasteiger partial charge on any atom is -0.330 e. The first kappa shape index (κ1) is 13.6. The minimum atomic E-state index is -0.260. The Kier molecular flexibility index (Phi) is 3.75. The molecule has 1 aliphatic carbocycles. The van der Waals surface area contributed by atoms with Gasteiger partial charge in [0, 0.05) is 17.4 Å². The molecule has 0 amide bonds. The van der Waals surface area contributed by atoms with Crippen molar-refractivity contribution < 1.29 is 4.39 Å². The molecule has 0 spiro atoms. The van der Waals surface area contributed by atoms with Crippen molar-refractivity contribution in [3.8, 4) is 0 Å². The summed E-state index contributed by atoms with van der Waals surface area (Å²) in [6, 6.07) is 3.76. The average Bonchev–Trinajstić information content (AvgIpc) is 2.94. The molecule has 1 heterocycles. The quantitative estimate of drug-likeness (QED) is 0.755. The predicted octanol–water partition coefficient (Wildman–Crippen LogP) is 5.06. The van der Waals surface area contributed by atoms with Gasteiger partial charge >= 0.3 is 0 Å². The number of imidazole rings is 1. The number of hydrogen-bond donors (Lipinski definition) is 1. The monoisotopic (exact) mass is 360 g/mol. The molecular weight excluding hydrogens is 347 g/mol. The van der Waals surface area contributed by atoms with Gasteiger partial charge in [0.2, 0.25) is 0 Å². The lowest BCUT2D eigenvalue weighted by Crippen LogP contribution is -2.06. The topological polar surface area (TPSA) is 20.7 Å². The van der Waals surface area contributed by atoms with Gasteiger partial charge in [-0.05, 0) is 59.7 Å². The Bertz CT molecular complexity index is 679. The molecule has 102 valence electrons. The van der Waals surface area contributed by atoms with E-state index in [-0.39, 0.29) is 5.82 Å². The van der Waals surface area contributed by atoms with Gasteiger partial charge in [-0.25, -0.2) is 4.39 Å². The Hall–Kier alpha value is -0.330. The van der Waals surface area contributed by atoms with Crippen molar-refractivity contribution in [2.75, 3.05) is 6.26 Å². The molecular formula is C13H14BrFN2S2. The van der Waals surface area contributed by atoms with Crippen molar-refractivity contribution in [3.05, 3.63) is 27.2 Å². The zero-order valence-corrected chi connectivity index (χ0v) is 13.7. The molecule has 2 unspecified atom stereocenters. The number of rotatable bonds is 2. The van der Waals surface area contributed by atoms with Gasteiger partial charge in [0.25, 0.3) is 0 Å². The van der Waals surface area contributed by atoms with Crippen LogP contribution in [-0.4, -0.2) is 21.1 Å². The summed E-state index contributed by atoms with van der Waals surface area (Å²) in [6.45, 7) is 0. The largest absolute Gasteiger partial charge is 0.330 e. The first-order chi connectivity index (χ1) is 9.10. The van der Waals surface area contributed by atoms with Crippen LogP contribution in [0.15, 0.2) is 16.6 Å². The summed E-state index contributed by atoms with van der Waals surface area (Å²) in [7, 11) is 0. The number of nitrogens with zero attached hydrogens (tertiary/aromatic N) is 1. The molecule has 1 aromatic heterocycles. The van der Waals surface area contributed by atoms with Crippen molar-refractivity contribution in [1.29, 1.82) is 0 Å². The minimum absolute atomic E-state index is 0.260. The number of hydrogen-bond acceptors (Lipinski definition) is 2. The molecule has 1 aromatic carbocycles. The first-order valence-corrected chi connectivity index (χ1v) is 8.71. The molecule has 2 atom stereocenters. The van der Waals surface area contributed by atoms with Crippen molar-refractivity contribution >= 4 is 50.9 Å². The molecule has 6 heteroatoms. The van der Waals surface area contributed by atoms with E-state index in [0.29, 0.717) is 20.5 Å². The van der Waals surface area contributed by atoms with E-state index < -0.39 is 0 Å². The number of fused-ring (bicyclic) bond motifs is 1. The third kappa shape index (κ3) is 2.38. The van der Waals surface area contributed by atoms with Gasteiger partial charge < -0.3 is 9.55 Å². The standard InChI is InChI=1S/C13H14BrFN2S2/c1-19-8-3-2-7(4-8)17-12-5-9(14)10(15)6-11(12)16-13(17)18/h5-8H,2-4H2,1H3,(H,16,18). The van der Waals surface area contributed by atoms with Crippen molar-refractivity contribution in [2.45, 2.75) is 30.6 Å². The maximum absolute atomic E-state index is 13.6. The molecule has 1 fully saturated rings. The van der Waals surface area contributed by atoms with E-state index in [0.717, 1.165) is 23.9 Å². The van der Waals surface area contributed by atoms with E-state index in [2.05, 4.69) is 31.7 Å². The fourth-order valence-corrected chi connectivity index (χ4v) is 4.32. The maximum Gasteiger partial charge on any atom is 0.178 e. The lowest BCUT2D eigenvalue weighted by Gasteiger charge is -2.13. The van der Waals surface area contributed by atoms with Crippen LogP contribution in [0, 0.1) is 10.6 Å². The zero-order valence-electron chi connectivity index (χ0n) is 10.5. The van der Waals surface area contributed by atoms with Gasteiger partial charge in [0.05, 0.1) is 15.5 Å². The second-order valence-corrected chi connectivity index (χ2v) is 7.29. The molecule has 1 N–H and O–H groups in total. The summed E-state index contributed by atoms with van der Waals surface area (Å²) in [6.07, 6.45) is 5.66. The first-order valence-electron chi connectivity index (χ1n) is 6.22. The van der Waals surface area contributed by atoms with Crippen LogP contribution in [0.5, 0.6) is 0 Å². The van der Waals surface area contributed by atoms with Crippen molar-refractivity contribution in [2.24, 2.45) is 0 Å². The van der Waals surface area contributed by atoms with Gasteiger partial charge in [-0.2, -0.15) is 11.8 Å². The smallest absolute Gasteiger partial charge is 0.178 e. The summed E-state index contributed by atoms with van der Waals surface area (Å²) in [5.74, 6) is -0.260. The molecule has 0 radical (unpaired) electrons. The lowest BCUT2D eigenvalue weighted by atomic mass is 10.2. The van der Waals surface area contributed by atoms with Crippen LogP contribution in [0.3, 0.4) is 0 Å². The fraction of sp³-hybridized carbons (Fsp3) is 0.462. The van der Waals surface area contributed by atoms with Crippen LogP contribution < -0.4 is 0 Å². The Morgan fingerprint density at radius 1 is 1.47 bits per heavy atom. The third-order valence-corrected chi connectivity index (χ3v) is 5.82. The van der Waals surface area contributed by atoms with Gasteiger partial charge in [0.15, 0.2) is 4.77 Å². The average molecular weight is 361 g/mol. The van der Waals surface area contributed by atoms with Gasteiger partial charge in [-0.15, -0.1) is 0 Å². The van der Waals surface area contributed by atoms with Crippen LogP contribution in [0.1, 0.15) is 25.3 Å². The van der Waals surface area contributed by atoms with Crippen LogP contribution in [0.2, 0.25) is 0 Å². The molecule has 19 heavy (non-hydrogen) atoms.